The second kappa shape index (κ2) is 12.7. The minimum atomic E-state index is -3.65. The number of likely N-dealkylation sites (tertiary alicyclic amines) is 1. The summed E-state index contributed by atoms with van der Waals surface area (Å²) in [6.07, 6.45) is 4.57. The summed E-state index contributed by atoms with van der Waals surface area (Å²) in [6.45, 7) is 3.72. The zero-order valence-electron chi connectivity index (χ0n) is 23.9. The van der Waals surface area contributed by atoms with Gasteiger partial charge in [-0.1, -0.05) is 79.2 Å². The Bertz CT molecular complexity index is 1650. The molecule has 42 heavy (non-hydrogen) atoms. The molecule has 1 amide bonds. The van der Waals surface area contributed by atoms with E-state index in [1.807, 2.05) is 60.7 Å². The maximum atomic E-state index is 13.6. The first-order valence-corrected chi connectivity index (χ1v) is 16.6. The van der Waals surface area contributed by atoms with Crippen molar-refractivity contribution in [1.82, 2.24) is 10.2 Å². The quantitative estimate of drug-likeness (QED) is 0.247. The number of carbonyl (C=O) groups is 1. The number of amides is 1. The number of rotatable bonds is 9. The third-order valence-electron chi connectivity index (χ3n) is 8.51. The van der Waals surface area contributed by atoms with E-state index >= 15 is 0 Å². The summed E-state index contributed by atoms with van der Waals surface area (Å²) in [7, 11) is -3.65. The monoisotopic (exact) mass is 582 g/mol. The lowest BCUT2D eigenvalue weighted by atomic mass is 9.95. The van der Waals surface area contributed by atoms with Gasteiger partial charge in [-0.2, -0.15) is 0 Å². The Morgan fingerprint density at radius 1 is 0.881 bits per heavy atom. The van der Waals surface area contributed by atoms with Gasteiger partial charge >= 0.3 is 0 Å². The Labute approximate surface area is 248 Å². The number of hydrogen-bond acceptors (Lipinski definition) is 5. The smallest absolute Gasteiger partial charge is 0.221 e. The van der Waals surface area contributed by atoms with Gasteiger partial charge in [-0.05, 0) is 66.0 Å². The van der Waals surface area contributed by atoms with Gasteiger partial charge in [-0.25, -0.2) is 8.42 Å². The number of benzene rings is 4. The molecule has 2 aliphatic rings. The first-order valence-electron chi connectivity index (χ1n) is 15.0. The zero-order valence-corrected chi connectivity index (χ0v) is 24.7. The average Bonchev–Trinajstić information content (AvgIpc) is 3.01. The van der Waals surface area contributed by atoms with E-state index in [0.717, 1.165) is 47.3 Å². The highest BCUT2D eigenvalue weighted by molar-refractivity contribution is 7.91. The molecule has 0 aliphatic carbocycles. The molecule has 0 bridgehead atoms. The summed E-state index contributed by atoms with van der Waals surface area (Å²) >= 11 is 0. The van der Waals surface area contributed by atoms with E-state index in [4.69, 9.17) is 4.74 Å². The maximum absolute atomic E-state index is 13.6. The van der Waals surface area contributed by atoms with Crippen LogP contribution in [0.15, 0.2) is 95.9 Å². The summed E-state index contributed by atoms with van der Waals surface area (Å²) in [5.74, 6) is 0.0498. The fourth-order valence-corrected chi connectivity index (χ4v) is 7.87. The molecular formula is C35H38N2O4S. The van der Waals surface area contributed by atoms with Gasteiger partial charge < -0.3 is 10.1 Å². The van der Waals surface area contributed by atoms with Crippen LogP contribution in [0.1, 0.15) is 60.8 Å². The molecule has 4 aromatic rings. The molecule has 0 spiro atoms. The Kier molecular flexibility index (Phi) is 8.58. The second-order valence-electron chi connectivity index (χ2n) is 11.6. The number of nitrogens with zero attached hydrogens (tertiary/aromatic N) is 1. The van der Waals surface area contributed by atoms with Gasteiger partial charge in [0.15, 0.2) is 9.84 Å². The van der Waals surface area contributed by atoms with Crippen LogP contribution in [-0.4, -0.2) is 44.7 Å². The normalized spacial score (nSPS) is 18.1. The van der Waals surface area contributed by atoms with Crippen LogP contribution < -0.4 is 10.1 Å². The number of hydrogen-bond donors (Lipinski definition) is 1. The minimum Gasteiger partial charge on any atom is -0.493 e. The molecule has 6 nitrogen and oxygen atoms in total. The molecule has 218 valence electrons. The van der Waals surface area contributed by atoms with Crippen LogP contribution in [0.5, 0.6) is 5.75 Å². The van der Waals surface area contributed by atoms with Crippen molar-refractivity contribution < 1.29 is 17.9 Å². The van der Waals surface area contributed by atoms with Crippen molar-refractivity contribution in [2.75, 3.05) is 25.4 Å². The lowest BCUT2D eigenvalue weighted by Crippen LogP contribution is -2.34. The third-order valence-corrected chi connectivity index (χ3v) is 10.3. The fraction of sp³-hybridized carbons (Fsp3) is 0.343. The molecule has 0 saturated carbocycles. The largest absolute Gasteiger partial charge is 0.493 e. The van der Waals surface area contributed by atoms with Gasteiger partial charge in [0.25, 0.3) is 0 Å². The number of carbonyl (C=O) groups excluding carboxylic acids is 1. The van der Waals surface area contributed by atoms with Crippen molar-refractivity contribution in [2.45, 2.75) is 55.5 Å². The lowest BCUT2D eigenvalue weighted by Gasteiger charge is -2.29. The van der Waals surface area contributed by atoms with Crippen LogP contribution in [0.3, 0.4) is 0 Å². The van der Waals surface area contributed by atoms with Gasteiger partial charge in [-0.3, -0.25) is 9.69 Å². The predicted octanol–water partition coefficient (Wildman–Crippen LogP) is 6.41. The Morgan fingerprint density at radius 3 is 2.45 bits per heavy atom. The first kappa shape index (κ1) is 28.4. The molecule has 2 atom stereocenters. The van der Waals surface area contributed by atoms with E-state index in [1.54, 1.807) is 12.1 Å². The van der Waals surface area contributed by atoms with Crippen LogP contribution in [-0.2, 0) is 21.2 Å². The van der Waals surface area contributed by atoms with Gasteiger partial charge in [0.2, 0.25) is 5.91 Å². The summed E-state index contributed by atoms with van der Waals surface area (Å²) in [5, 5.41) is 5.07. The van der Waals surface area contributed by atoms with Crippen molar-refractivity contribution in [2.24, 2.45) is 0 Å². The number of nitrogens with one attached hydrogen (secondary N) is 1. The molecule has 1 N–H and O–H groups in total. The Hall–Kier alpha value is -3.68. The minimum absolute atomic E-state index is 0.0799. The van der Waals surface area contributed by atoms with Crippen LogP contribution >= 0.6 is 0 Å². The van der Waals surface area contributed by atoms with Crippen molar-refractivity contribution in [3.05, 3.63) is 108 Å². The fourth-order valence-electron chi connectivity index (χ4n) is 6.26. The highest BCUT2D eigenvalue weighted by Gasteiger charge is 2.28. The van der Waals surface area contributed by atoms with E-state index in [9.17, 15) is 13.2 Å². The van der Waals surface area contributed by atoms with Crippen LogP contribution in [0, 0.1) is 0 Å². The van der Waals surface area contributed by atoms with Gasteiger partial charge in [-0.15, -0.1) is 0 Å². The first-order chi connectivity index (χ1) is 20.4. The van der Waals surface area contributed by atoms with Crippen molar-refractivity contribution >= 4 is 26.5 Å². The number of ether oxygens (including phenoxy) is 1. The van der Waals surface area contributed by atoms with Crippen LogP contribution in [0.4, 0.5) is 0 Å². The zero-order chi connectivity index (χ0) is 28.9. The molecule has 1 saturated heterocycles. The van der Waals surface area contributed by atoms with Crippen LogP contribution in [0.25, 0.3) is 10.8 Å². The highest BCUT2D eigenvalue weighted by Crippen LogP contribution is 2.34. The molecule has 0 aromatic heterocycles. The third kappa shape index (κ3) is 6.69. The number of piperidine rings is 1. The number of fused-ring (bicyclic) bond motifs is 2. The van der Waals surface area contributed by atoms with Crippen LogP contribution in [0.2, 0.25) is 0 Å². The van der Waals surface area contributed by atoms with E-state index in [1.165, 1.54) is 24.8 Å². The summed E-state index contributed by atoms with van der Waals surface area (Å²) in [5.41, 5.74) is 3.05. The highest BCUT2D eigenvalue weighted by atomic mass is 32.2. The summed E-state index contributed by atoms with van der Waals surface area (Å²) in [6, 6.07) is 28.6. The topological polar surface area (TPSA) is 75.7 Å². The molecule has 7 heteroatoms. The van der Waals surface area contributed by atoms with E-state index in [0.29, 0.717) is 13.0 Å². The Balaban J connectivity index is 1.17. The molecule has 6 rings (SSSR count). The van der Waals surface area contributed by atoms with Gasteiger partial charge in [0, 0.05) is 30.9 Å². The molecule has 4 aromatic carbocycles. The van der Waals surface area contributed by atoms with E-state index in [2.05, 4.69) is 28.4 Å². The van der Waals surface area contributed by atoms with E-state index < -0.39 is 15.8 Å². The maximum Gasteiger partial charge on any atom is 0.221 e. The Morgan fingerprint density at radius 2 is 1.64 bits per heavy atom. The summed E-state index contributed by atoms with van der Waals surface area (Å²) in [4.78, 5) is 16.2. The molecular weight excluding hydrogens is 544 g/mol. The SMILES string of the molecule is O=C(C[C@H](CS(=O)(=O)c1ccc2ccccc2c1)c1ccccc1)N[C@@H]1CCOc2cc(CN3CCCCC3)ccc21. The van der Waals surface area contributed by atoms with E-state index in [-0.39, 0.29) is 29.0 Å². The van der Waals surface area contributed by atoms with Crippen molar-refractivity contribution in [1.29, 1.82) is 0 Å². The second-order valence-corrected chi connectivity index (χ2v) is 13.6. The molecule has 2 heterocycles. The van der Waals surface area contributed by atoms with Gasteiger partial charge in [0.1, 0.15) is 5.75 Å². The molecule has 2 aliphatic heterocycles. The van der Waals surface area contributed by atoms with Gasteiger partial charge in [0.05, 0.1) is 23.3 Å². The molecule has 1 fully saturated rings. The van der Waals surface area contributed by atoms with Crippen molar-refractivity contribution in [3.63, 3.8) is 0 Å². The predicted molar refractivity (Wildman–Crippen MR) is 166 cm³/mol. The molecule has 0 unspecified atom stereocenters. The average molecular weight is 583 g/mol. The lowest BCUT2D eigenvalue weighted by molar-refractivity contribution is -0.122. The molecule has 0 radical (unpaired) electrons. The summed E-state index contributed by atoms with van der Waals surface area (Å²) < 4.78 is 33.2. The van der Waals surface area contributed by atoms with Crippen molar-refractivity contribution in [3.8, 4) is 5.75 Å². The standard InChI is InChI=1S/C35H38N2O4S/c38-35(36-33-17-20-41-34-21-26(13-16-32(33)34)24-37-18-7-2-8-19-37)23-30(27-9-3-1-4-10-27)25-42(39,40)31-15-14-28-11-5-6-12-29(28)22-31/h1,3-6,9-16,21-22,30,33H,2,7-8,17-20,23-25H2,(H,36,38)/t30-,33-/m1/s1. The number of sulfone groups is 1.